The molecule has 0 fully saturated rings. The molecule has 2 N–H and O–H groups in total. The van der Waals surface area contributed by atoms with Crippen LogP contribution in [-0.4, -0.2) is 49.9 Å². The summed E-state index contributed by atoms with van der Waals surface area (Å²) in [6.07, 6.45) is 0. The van der Waals surface area contributed by atoms with E-state index in [-0.39, 0.29) is 23.8 Å². The van der Waals surface area contributed by atoms with Gasteiger partial charge in [-0.2, -0.15) is 0 Å². The number of amides is 2. The summed E-state index contributed by atoms with van der Waals surface area (Å²) in [6.45, 7) is 6.53. The summed E-state index contributed by atoms with van der Waals surface area (Å²) in [5, 5.41) is 5.62. The maximum atomic E-state index is 11.6. The standard InChI is InChI=1S/C11H23N3O2/c1-8(2)13-6-10(15)14(5)7-9(3)11(16)12-4/h8-9,13H,6-7H2,1-5H3,(H,12,16). The van der Waals surface area contributed by atoms with Crippen LogP contribution in [0.2, 0.25) is 0 Å². The lowest BCUT2D eigenvalue weighted by Gasteiger charge is -2.21. The number of nitrogens with zero attached hydrogens (tertiary/aromatic N) is 1. The summed E-state index contributed by atoms with van der Waals surface area (Å²) in [6, 6.07) is 0.286. The van der Waals surface area contributed by atoms with E-state index in [1.165, 1.54) is 0 Å². The van der Waals surface area contributed by atoms with Gasteiger partial charge < -0.3 is 15.5 Å². The van der Waals surface area contributed by atoms with Crippen molar-refractivity contribution in [1.29, 1.82) is 0 Å². The number of hydrogen-bond donors (Lipinski definition) is 2. The Bertz CT molecular complexity index is 241. The second kappa shape index (κ2) is 7.22. The number of rotatable bonds is 6. The van der Waals surface area contributed by atoms with Gasteiger partial charge in [-0.3, -0.25) is 9.59 Å². The van der Waals surface area contributed by atoms with Crippen LogP contribution in [0.4, 0.5) is 0 Å². The molecule has 0 aliphatic rings. The van der Waals surface area contributed by atoms with Crippen molar-refractivity contribution in [3.05, 3.63) is 0 Å². The van der Waals surface area contributed by atoms with Crippen LogP contribution in [0.15, 0.2) is 0 Å². The Balaban J connectivity index is 4.00. The topological polar surface area (TPSA) is 61.4 Å². The average Bonchev–Trinajstić information content (AvgIpc) is 2.24. The van der Waals surface area contributed by atoms with Gasteiger partial charge in [-0.1, -0.05) is 20.8 Å². The number of hydrogen-bond acceptors (Lipinski definition) is 3. The first-order valence-corrected chi connectivity index (χ1v) is 5.57. The molecule has 0 heterocycles. The van der Waals surface area contributed by atoms with Crippen molar-refractivity contribution < 1.29 is 9.59 Å². The molecule has 0 aliphatic carbocycles. The Morgan fingerprint density at radius 1 is 1.25 bits per heavy atom. The van der Waals surface area contributed by atoms with E-state index in [9.17, 15) is 9.59 Å². The summed E-state index contributed by atoms with van der Waals surface area (Å²) in [7, 11) is 3.31. The van der Waals surface area contributed by atoms with Crippen LogP contribution in [0.3, 0.4) is 0 Å². The predicted octanol–water partition coefficient (Wildman–Crippen LogP) is -0.175. The molecular formula is C11H23N3O2. The lowest BCUT2D eigenvalue weighted by atomic mass is 10.1. The van der Waals surface area contributed by atoms with Crippen LogP contribution in [0.25, 0.3) is 0 Å². The van der Waals surface area contributed by atoms with Crippen LogP contribution < -0.4 is 10.6 Å². The smallest absolute Gasteiger partial charge is 0.236 e. The number of carbonyl (C=O) groups is 2. The first-order valence-electron chi connectivity index (χ1n) is 5.57. The zero-order valence-electron chi connectivity index (χ0n) is 10.8. The fourth-order valence-electron chi connectivity index (χ4n) is 1.27. The van der Waals surface area contributed by atoms with Gasteiger partial charge in [-0.15, -0.1) is 0 Å². The first-order chi connectivity index (χ1) is 7.38. The molecule has 1 atom stereocenters. The maximum Gasteiger partial charge on any atom is 0.236 e. The minimum absolute atomic E-state index is 0.00412. The zero-order valence-corrected chi connectivity index (χ0v) is 10.8. The molecule has 0 saturated carbocycles. The van der Waals surface area contributed by atoms with Gasteiger partial charge in [-0.05, 0) is 0 Å². The van der Waals surface area contributed by atoms with Crippen molar-refractivity contribution in [2.75, 3.05) is 27.2 Å². The van der Waals surface area contributed by atoms with Gasteiger partial charge in [0.25, 0.3) is 0 Å². The molecule has 0 radical (unpaired) electrons. The van der Waals surface area contributed by atoms with Crippen LogP contribution >= 0.6 is 0 Å². The SMILES string of the molecule is CNC(=O)C(C)CN(C)C(=O)CNC(C)C. The molecule has 0 bridgehead atoms. The van der Waals surface area contributed by atoms with Gasteiger partial charge in [0.2, 0.25) is 11.8 Å². The molecule has 0 aliphatic heterocycles. The lowest BCUT2D eigenvalue weighted by Crippen LogP contribution is -2.42. The van der Waals surface area contributed by atoms with Crippen molar-refractivity contribution >= 4 is 11.8 Å². The number of nitrogens with one attached hydrogen (secondary N) is 2. The molecule has 16 heavy (non-hydrogen) atoms. The highest BCUT2D eigenvalue weighted by atomic mass is 16.2. The van der Waals surface area contributed by atoms with Gasteiger partial charge in [-0.25, -0.2) is 0 Å². The second-order valence-corrected chi connectivity index (χ2v) is 4.33. The van der Waals surface area contributed by atoms with Gasteiger partial charge in [0.15, 0.2) is 0 Å². The molecule has 0 spiro atoms. The quantitative estimate of drug-likeness (QED) is 0.664. The van der Waals surface area contributed by atoms with E-state index in [1.807, 2.05) is 13.8 Å². The molecular weight excluding hydrogens is 206 g/mol. The third kappa shape index (κ3) is 5.70. The van der Waals surface area contributed by atoms with E-state index in [4.69, 9.17) is 0 Å². The van der Waals surface area contributed by atoms with Crippen LogP contribution in [0, 0.1) is 5.92 Å². The van der Waals surface area contributed by atoms with Gasteiger partial charge in [0.1, 0.15) is 0 Å². The average molecular weight is 229 g/mol. The molecule has 0 saturated heterocycles. The van der Waals surface area contributed by atoms with Crippen LogP contribution in [0.5, 0.6) is 0 Å². The minimum Gasteiger partial charge on any atom is -0.359 e. The van der Waals surface area contributed by atoms with E-state index < -0.39 is 0 Å². The molecule has 1 unspecified atom stereocenters. The molecule has 5 heteroatoms. The molecule has 0 aromatic heterocycles. The Morgan fingerprint density at radius 3 is 2.25 bits per heavy atom. The molecule has 0 rings (SSSR count). The van der Waals surface area contributed by atoms with E-state index >= 15 is 0 Å². The fraction of sp³-hybridized carbons (Fsp3) is 0.818. The minimum atomic E-state index is -0.182. The third-order valence-corrected chi connectivity index (χ3v) is 2.33. The van der Waals surface area contributed by atoms with Crippen LogP contribution in [-0.2, 0) is 9.59 Å². The molecule has 0 aromatic carbocycles. The Kier molecular flexibility index (Phi) is 6.72. The van der Waals surface area contributed by atoms with E-state index in [1.54, 1.807) is 25.9 Å². The summed E-state index contributed by atoms with van der Waals surface area (Å²) in [5.74, 6) is -0.223. The van der Waals surface area contributed by atoms with Gasteiger partial charge in [0, 0.05) is 26.7 Å². The van der Waals surface area contributed by atoms with E-state index in [2.05, 4.69) is 10.6 Å². The maximum absolute atomic E-state index is 11.6. The van der Waals surface area contributed by atoms with E-state index in [0.717, 1.165) is 0 Å². The monoisotopic (exact) mass is 229 g/mol. The third-order valence-electron chi connectivity index (χ3n) is 2.33. The van der Waals surface area contributed by atoms with Crippen molar-refractivity contribution in [1.82, 2.24) is 15.5 Å². The van der Waals surface area contributed by atoms with Gasteiger partial charge >= 0.3 is 0 Å². The molecule has 0 aromatic rings. The highest BCUT2D eigenvalue weighted by Crippen LogP contribution is 1.98. The zero-order chi connectivity index (χ0) is 12.7. The van der Waals surface area contributed by atoms with E-state index in [0.29, 0.717) is 13.1 Å². The summed E-state index contributed by atoms with van der Waals surface area (Å²) in [4.78, 5) is 24.5. The largest absolute Gasteiger partial charge is 0.359 e. The summed E-state index contributed by atoms with van der Waals surface area (Å²) >= 11 is 0. The highest BCUT2D eigenvalue weighted by molar-refractivity contribution is 5.81. The Hall–Kier alpha value is -1.10. The van der Waals surface area contributed by atoms with Gasteiger partial charge in [0.05, 0.1) is 12.5 Å². The highest BCUT2D eigenvalue weighted by Gasteiger charge is 2.16. The number of carbonyl (C=O) groups excluding carboxylic acids is 2. The normalized spacial score (nSPS) is 12.4. The van der Waals surface area contributed by atoms with Crippen molar-refractivity contribution in [3.8, 4) is 0 Å². The van der Waals surface area contributed by atoms with Crippen molar-refractivity contribution in [2.45, 2.75) is 26.8 Å². The predicted molar refractivity (Wildman–Crippen MR) is 64.0 cm³/mol. The second-order valence-electron chi connectivity index (χ2n) is 4.33. The number of likely N-dealkylation sites (N-methyl/N-ethyl adjacent to an activating group) is 1. The Labute approximate surface area is 97.6 Å². The summed E-state index contributed by atoms with van der Waals surface area (Å²) in [5.41, 5.74) is 0. The lowest BCUT2D eigenvalue weighted by molar-refractivity contribution is -0.131. The van der Waals surface area contributed by atoms with Crippen molar-refractivity contribution in [3.63, 3.8) is 0 Å². The Morgan fingerprint density at radius 2 is 1.81 bits per heavy atom. The van der Waals surface area contributed by atoms with Crippen LogP contribution in [0.1, 0.15) is 20.8 Å². The molecule has 5 nitrogen and oxygen atoms in total. The summed E-state index contributed by atoms with van der Waals surface area (Å²) < 4.78 is 0. The first kappa shape index (κ1) is 14.9. The molecule has 2 amide bonds. The fourth-order valence-corrected chi connectivity index (χ4v) is 1.27. The van der Waals surface area contributed by atoms with Crippen molar-refractivity contribution in [2.24, 2.45) is 5.92 Å². The molecule has 94 valence electrons.